The van der Waals surface area contributed by atoms with Crippen molar-refractivity contribution < 1.29 is 14.6 Å². The van der Waals surface area contributed by atoms with E-state index in [1.54, 1.807) is 4.90 Å². The van der Waals surface area contributed by atoms with Crippen molar-refractivity contribution in [2.45, 2.75) is 31.8 Å². The fraction of sp³-hybridized carbons (Fsp3) is 0.588. The van der Waals surface area contributed by atoms with Crippen molar-refractivity contribution in [1.29, 1.82) is 0 Å². The molecule has 0 radical (unpaired) electrons. The second-order valence-electron chi connectivity index (χ2n) is 5.91. The van der Waals surface area contributed by atoms with Crippen molar-refractivity contribution in [2.24, 2.45) is 5.92 Å². The van der Waals surface area contributed by atoms with Crippen molar-refractivity contribution in [1.82, 2.24) is 10.2 Å². The summed E-state index contributed by atoms with van der Waals surface area (Å²) in [4.78, 5) is 13.6. The lowest BCUT2D eigenvalue weighted by atomic mass is 9.90. The summed E-state index contributed by atoms with van der Waals surface area (Å²) < 4.78 is 4.86. The molecular formula is C17H26N2O3. The average Bonchev–Trinajstić information content (AvgIpc) is 2.58. The number of methoxy groups -OCH3 is 1. The van der Waals surface area contributed by atoms with Gasteiger partial charge in [-0.05, 0) is 30.7 Å². The van der Waals surface area contributed by atoms with E-state index in [1.807, 2.05) is 18.2 Å². The molecule has 2 N–H and O–H groups in total. The van der Waals surface area contributed by atoms with Gasteiger partial charge in [-0.2, -0.15) is 0 Å². The number of rotatable bonds is 6. The molecule has 22 heavy (non-hydrogen) atoms. The van der Waals surface area contributed by atoms with Gasteiger partial charge in [-0.1, -0.05) is 30.3 Å². The van der Waals surface area contributed by atoms with Crippen LogP contribution in [-0.4, -0.2) is 48.9 Å². The number of likely N-dealkylation sites (tertiary alicyclic amines) is 1. The third-order valence-corrected chi connectivity index (χ3v) is 4.18. The highest BCUT2D eigenvalue weighted by molar-refractivity contribution is 5.67. The van der Waals surface area contributed by atoms with Crippen molar-refractivity contribution in [3.05, 3.63) is 35.9 Å². The summed E-state index contributed by atoms with van der Waals surface area (Å²) in [6.45, 7) is 2.40. The minimum absolute atomic E-state index is 0.205. The normalized spacial score (nSPS) is 21.6. The lowest BCUT2D eigenvalue weighted by molar-refractivity contribution is 0.0872. The maximum atomic E-state index is 11.8. The van der Waals surface area contributed by atoms with Crippen molar-refractivity contribution in [3.8, 4) is 0 Å². The number of hydrogen-bond donors (Lipinski definition) is 2. The van der Waals surface area contributed by atoms with Crippen LogP contribution >= 0.6 is 0 Å². The SMILES string of the molecule is COC(=O)N1CC(CCCO)CC(NCc2ccccc2)C1. The van der Waals surface area contributed by atoms with Gasteiger partial charge in [-0.25, -0.2) is 4.79 Å². The number of piperidine rings is 1. The number of nitrogens with one attached hydrogen (secondary N) is 1. The number of carbonyl (C=O) groups is 1. The monoisotopic (exact) mass is 306 g/mol. The smallest absolute Gasteiger partial charge is 0.409 e. The molecule has 1 fully saturated rings. The Morgan fingerprint density at radius 1 is 1.36 bits per heavy atom. The third-order valence-electron chi connectivity index (χ3n) is 4.18. The quantitative estimate of drug-likeness (QED) is 0.844. The number of aliphatic hydroxyl groups is 1. The van der Waals surface area contributed by atoms with Crippen LogP contribution in [0.1, 0.15) is 24.8 Å². The Morgan fingerprint density at radius 2 is 2.14 bits per heavy atom. The fourth-order valence-electron chi connectivity index (χ4n) is 3.08. The van der Waals surface area contributed by atoms with E-state index in [0.717, 1.165) is 32.4 Å². The van der Waals surface area contributed by atoms with Crippen LogP contribution in [0.2, 0.25) is 0 Å². The van der Waals surface area contributed by atoms with Gasteiger partial charge in [0.15, 0.2) is 0 Å². The summed E-state index contributed by atoms with van der Waals surface area (Å²) in [5.41, 5.74) is 1.24. The summed E-state index contributed by atoms with van der Waals surface area (Å²) in [6.07, 6.45) is 2.49. The lowest BCUT2D eigenvalue weighted by Gasteiger charge is -2.37. The molecule has 5 heteroatoms. The predicted molar refractivity (Wildman–Crippen MR) is 85.5 cm³/mol. The minimum Gasteiger partial charge on any atom is -0.453 e. The fourth-order valence-corrected chi connectivity index (χ4v) is 3.08. The van der Waals surface area contributed by atoms with E-state index < -0.39 is 0 Å². The second-order valence-corrected chi connectivity index (χ2v) is 5.91. The van der Waals surface area contributed by atoms with E-state index in [0.29, 0.717) is 12.5 Å². The van der Waals surface area contributed by atoms with Gasteiger partial charge >= 0.3 is 6.09 Å². The molecule has 1 aromatic carbocycles. The highest BCUT2D eigenvalue weighted by Gasteiger charge is 2.29. The standard InChI is InChI=1S/C17H26N2O3/c1-22-17(21)19-12-15(8-5-9-20)10-16(13-19)18-11-14-6-3-2-4-7-14/h2-4,6-7,15-16,18,20H,5,8-13H2,1H3. The molecule has 2 unspecified atom stereocenters. The van der Waals surface area contributed by atoms with Crippen LogP contribution in [0.25, 0.3) is 0 Å². The van der Waals surface area contributed by atoms with Gasteiger partial charge in [-0.15, -0.1) is 0 Å². The molecule has 0 spiro atoms. The van der Waals surface area contributed by atoms with E-state index in [2.05, 4.69) is 17.4 Å². The third kappa shape index (κ3) is 5.00. The Hall–Kier alpha value is -1.59. The van der Waals surface area contributed by atoms with E-state index >= 15 is 0 Å². The Kier molecular flexibility index (Phi) is 6.68. The largest absolute Gasteiger partial charge is 0.453 e. The number of hydrogen-bond acceptors (Lipinski definition) is 4. The van der Waals surface area contributed by atoms with Crippen molar-refractivity contribution in [3.63, 3.8) is 0 Å². The zero-order chi connectivity index (χ0) is 15.8. The number of ether oxygens (including phenoxy) is 1. The van der Waals surface area contributed by atoms with Crippen LogP contribution in [0.15, 0.2) is 30.3 Å². The maximum Gasteiger partial charge on any atom is 0.409 e. The predicted octanol–water partition coefficient (Wildman–Crippen LogP) is 2.01. The number of amides is 1. The van der Waals surface area contributed by atoms with Crippen LogP contribution in [0.3, 0.4) is 0 Å². The molecule has 2 rings (SSSR count). The molecule has 122 valence electrons. The van der Waals surface area contributed by atoms with E-state index in [9.17, 15) is 4.79 Å². The van der Waals surface area contributed by atoms with Crippen LogP contribution in [0.4, 0.5) is 4.79 Å². The van der Waals surface area contributed by atoms with Crippen LogP contribution in [0.5, 0.6) is 0 Å². The molecule has 2 atom stereocenters. The van der Waals surface area contributed by atoms with Gasteiger partial charge in [-0.3, -0.25) is 0 Å². The number of nitrogens with zero attached hydrogens (tertiary/aromatic N) is 1. The van der Waals surface area contributed by atoms with E-state index in [4.69, 9.17) is 9.84 Å². The van der Waals surface area contributed by atoms with E-state index in [1.165, 1.54) is 12.7 Å². The van der Waals surface area contributed by atoms with Crippen molar-refractivity contribution >= 4 is 6.09 Å². The first kappa shape index (κ1) is 16.8. The summed E-state index contributed by atoms with van der Waals surface area (Å²) in [5, 5.41) is 12.6. The summed E-state index contributed by atoms with van der Waals surface area (Å²) in [6, 6.07) is 10.5. The highest BCUT2D eigenvalue weighted by Crippen LogP contribution is 2.22. The molecule has 1 saturated heterocycles. The molecular weight excluding hydrogens is 280 g/mol. The number of benzene rings is 1. The summed E-state index contributed by atoms with van der Waals surface area (Å²) in [7, 11) is 1.42. The molecule has 0 saturated carbocycles. The molecule has 5 nitrogen and oxygen atoms in total. The van der Waals surface area contributed by atoms with Gasteiger partial charge in [0.25, 0.3) is 0 Å². The molecule has 1 aliphatic heterocycles. The summed E-state index contributed by atoms with van der Waals surface area (Å²) >= 11 is 0. The summed E-state index contributed by atoms with van der Waals surface area (Å²) in [5.74, 6) is 0.410. The molecule has 0 bridgehead atoms. The average molecular weight is 306 g/mol. The Balaban J connectivity index is 1.91. The molecule has 1 aromatic rings. The van der Waals surface area contributed by atoms with Gasteiger partial charge in [0.2, 0.25) is 0 Å². The highest BCUT2D eigenvalue weighted by atomic mass is 16.5. The first-order valence-electron chi connectivity index (χ1n) is 7.94. The zero-order valence-corrected chi connectivity index (χ0v) is 13.2. The number of aliphatic hydroxyl groups excluding tert-OH is 1. The zero-order valence-electron chi connectivity index (χ0n) is 13.2. The van der Waals surface area contributed by atoms with Crippen LogP contribution in [-0.2, 0) is 11.3 Å². The first-order valence-corrected chi connectivity index (χ1v) is 7.94. The Bertz CT molecular complexity index is 452. The van der Waals surface area contributed by atoms with Gasteiger partial charge < -0.3 is 20.1 Å². The Labute approximate surface area is 132 Å². The second kappa shape index (κ2) is 8.76. The lowest BCUT2D eigenvalue weighted by Crippen LogP contribution is -2.51. The maximum absolute atomic E-state index is 11.8. The molecule has 1 amide bonds. The molecule has 1 aliphatic rings. The first-order chi connectivity index (χ1) is 10.7. The van der Waals surface area contributed by atoms with Gasteiger partial charge in [0, 0.05) is 32.3 Å². The van der Waals surface area contributed by atoms with Crippen LogP contribution in [0, 0.1) is 5.92 Å². The van der Waals surface area contributed by atoms with Gasteiger partial charge in [0.1, 0.15) is 0 Å². The molecule has 1 heterocycles. The Morgan fingerprint density at radius 3 is 2.82 bits per heavy atom. The number of carbonyl (C=O) groups excluding carboxylic acids is 1. The van der Waals surface area contributed by atoms with Crippen molar-refractivity contribution in [2.75, 3.05) is 26.8 Å². The molecule has 0 aliphatic carbocycles. The molecule has 0 aromatic heterocycles. The van der Waals surface area contributed by atoms with E-state index in [-0.39, 0.29) is 18.7 Å². The van der Waals surface area contributed by atoms with Gasteiger partial charge in [0.05, 0.1) is 7.11 Å². The topological polar surface area (TPSA) is 61.8 Å². The van der Waals surface area contributed by atoms with Crippen LogP contribution < -0.4 is 5.32 Å². The minimum atomic E-state index is -0.264.